The molecule has 0 saturated heterocycles. The van der Waals surface area contributed by atoms with Crippen LogP contribution in [0.5, 0.6) is 0 Å². The second-order valence-corrected chi connectivity index (χ2v) is 15.5. The summed E-state index contributed by atoms with van der Waals surface area (Å²) in [5.74, 6) is 0.0817. The van der Waals surface area contributed by atoms with E-state index in [9.17, 15) is 19.8 Å². The number of ether oxygens (including phenoxy) is 2. The lowest BCUT2D eigenvalue weighted by Crippen LogP contribution is -2.63. The van der Waals surface area contributed by atoms with Gasteiger partial charge in [-0.05, 0) is 96.2 Å². The number of fused-ring (bicyclic) bond motifs is 4. The predicted molar refractivity (Wildman–Crippen MR) is 170 cm³/mol. The molecule has 0 aromatic carbocycles. The van der Waals surface area contributed by atoms with Crippen LogP contribution >= 0.6 is 0 Å². The Hall–Kier alpha value is -2.04. The lowest BCUT2D eigenvalue weighted by Gasteiger charge is -2.62. The number of hydrogen-bond acceptors (Lipinski definition) is 9. The molecule has 45 heavy (non-hydrogen) atoms. The Morgan fingerprint density at radius 3 is 2.42 bits per heavy atom. The molecule has 1 saturated carbocycles. The van der Waals surface area contributed by atoms with Crippen molar-refractivity contribution in [3.63, 3.8) is 0 Å². The molecule has 0 radical (unpaired) electrons. The summed E-state index contributed by atoms with van der Waals surface area (Å²) in [6.45, 7) is 20.8. The second kappa shape index (κ2) is 13.6. The van der Waals surface area contributed by atoms with E-state index in [-0.39, 0.29) is 24.9 Å². The Bertz CT molecular complexity index is 1210. The fourth-order valence-corrected chi connectivity index (χ4v) is 9.69. The first kappa shape index (κ1) is 35.8. The Morgan fingerprint density at radius 2 is 1.80 bits per heavy atom. The van der Waals surface area contributed by atoms with Gasteiger partial charge in [0.2, 0.25) is 0 Å². The van der Waals surface area contributed by atoms with Crippen molar-refractivity contribution >= 4 is 11.9 Å². The molecule has 0 amide bonds. The minimum atomic E-state index is -1.03. The monoisotopic (exact) mass is 631 g/mol. The molecule has 0 heterocycles. The average molecular weight is 632 g/mol. The molecule has 4 aliphatic rings. The first-order valence-electron chi connectivity index (χ1n) is 16.9. The highest BCUT2D eigenvalue weighted by atomic mass is 16.8. The Labute approximate surface area is 269 Å². The normalized spacial score (nSPS) is 36.0. The number of aliphatic hydroxyl groups excluding tert-OH is 2. The maximum atomic E-state index is 12.8. The van der Waals surface area contributed by atoms with E-state index in [1.165, 1.54) is 18.1 Å². The van der Waals surface area contributed by atoms with Crippen LogP contribution in [0, 0.1) is 39.9 Å². The van der Waals surface area contributed by atoms with Gasteiger partial charge in [-0.25, -0.2) is 0 Å². The van der Waals surface area contributed by atoms with Gasteiger partial charge in [-0.3, -0.25) is 19.6 Å². The molecule has 4 aliphatic carbocycles. The molecule has 0 aromatic heterocycles. The number of carbonyl (C=O) groups is 2. The van der Waals surface area contributed by atoms with Crippen molar-refractivity contribution < 1.29 is 39.3 Å². The van der Waals surface area contributed by atoms with Gasteiger partial charge in [-0.15, -0.1) is 0 Å². The number of allylic oxidation sites excluding steroid dienone is 3. The molecule has 4 N–H and O–H groups in total. The smallest absolute Gasteiger partial charge is 0.306 e. The average Bonchev–Trinajstić information content (AvgIpc) is 3.32. The third kappa shape index (κ3) is 6.45. The number of carbonyl (C=O) groups excluding carboxylic acids is 2. The third-order valence-corrected chi connectivity index (χ3v) is 12.1. The summed E-state index contributed by atoms with van der Waals surface area (Å²) in [7, 11) is 0. The number of aliphatic hydroxyl groups is 2. The molecule has 0 aliphatic heterocycles. The van der Waals surface area contributed by atoms with Gasteiger partial charge in [-0.2, -0.15) is 0 Å². The quantitative estimate of drug-likeness (QED) is 0.0888. The van der Waals surface area contributed by atoms with Crippen LogP contribution < -0.4 is 5.64 Å². The van der Waals surface area contributed by atoms with E-state index in [1.807, 2.05) is 13.8 Å². The Kier molecular flexibility index (Phi) is 10.8. The van der Waals surface area contributed by atoms with E-state index in [2.05, 4.69) is 47.3 Å². The van der Waals surface area contributed by atoms with Crippen LogP contribution in [0.3, 0.4) is 0 Å². The second-order valence-electron chi connectivity index (χ2n) is 15.5. The SMILES string of the molecule is C=C(CC[C@@H](C)[C@H]1CC=C2C3=C(C(O)C(OC(C)=O)[C@@]21C)[C@@]1(C)CC(OC(=O)CCCONO)C(O)C(C)(C)C1CC3)C(C)C. The zero-order valence-electron chi connectivity index (χ0n) is 28.7. The standard InChI is InChI=1S/C36H57NO8/c1-20(2)21(3)12-13-22(4)25-15-16-26-24-14-17-28-34(6,7)32(41)27(45-29(39)11-10-18-43-37-42)19-35(28,8)30(24)31(40)33(36(25,26)9)44-23(5)38/h16,20,22,25,27-28,31-33,37,40-42H,3,10-15,17-19H2,1-2,4-9H3/t22-,25-,27?,28?,31?,32?,33?,35+,36-/m1/s1. The molecule has 4 rings (SSSR count). The molecule has 254 valence electrons. The summed E-state index contributed by atoms with van der Waals surface area (Å²) in [6.07, 6.45) is 4.03. The van der Waals surface area contributed by atoms with E-state index in [4.69, 9.17) is 19.5 Å². The summed E-state index contributed by atoms with van der Waals surface area (Å²) < 4.78 is 12.0. The highest BCUT2D eigenvalue weighted by Gasteiger charge is 2.65. The predicted octanol–water partition coefficient (Wildman–Crippen LogP) is 5.98. The topological polar surface area (TPSA) is 135 Å². The number of rotatable bonds is 12. The van der Waals surface area contributed by atoms with Gasteiger partial charge in [0.25, 0.3) is 0 Å². The molecular formula is C36H57NO8. The Morgan fingerprint density at radius 1 is 1.11 bits per heavy atom. The Balaban J connectivity index is 1.71. The maximum absolute atomic E-state index is 12.8. The fraction of sp³-hybridized carbons (Fsp3) is 0.778. The number of nitrogens with one attached hydrogen (secondary N) is 1. The van der Waals surface area contributed by atoms with Crippen molar-refractivity contribution in [3.8, 4) is 0 Å². The summed E-state index contributed by atoms with van der Waals surface area (Å²) >= 11 is 0. The van der Waals surface area contributed by atoms with E-state index >= 15 is 0 Å². The third-order valence-electron chi connectivity index (χ3n) is 12.1. The van der Waals surface area contributed by atoms with Gasteiger partial charge in [-0.1, -0.05) is 72.3 Å². The van der Waals surface area contributed by atoms with Crippen LogP contribution in [0.25, 0.3) is 0 Å². The fourth-order valence-electron chi connectivity index (χ4n) is 9.69. The molecular weight excluding hydrogens is 574 g/mol. The maximum Gasteiger partial charge on any atom is 0.306 e. The van der Waals surface area contributed by atoms with Crippen LogP contribution in [-0.4, -0.2) is 58.4 Å². The van der Waals surface area contributed by atoms with Gasteiger partial charge < -0.3 is 19.7 Å². The van der Waals surface area contributed by atoms with Crippen molar-refractivity contribution in [1.82, 2.24) is 5.64 Å². The van der Waals surface area contributed by atoms with Crippen LogP contribution in [-0.2, 0) is 23.9 Å². The van der Waals surface area contributed by atoms with Gasteiger partial charge >= 0.3 is 11.9 Å². The number of esters is 2. The van der Waals surface area contributed by atoms with Crippen LogP contribution in [0.15, 0.2) is 34.9 Å². The summed E-state index contributed by atoms with van der Waals surface area (Å²) in [6, 6.07) is 0. The first-order chi connectivity index (χ1) is 21.0. The molecule has 9 heteroatoms. The molecule has 9 atom stereocenters. The molecule has 0 aromatic rings. The van der Waals surface area contributed by atoms with E-state index in [0.717, 1.165) is 43.3 Å². The largest absolute Gasteiger partial charge is 0.460 e. The number of hydrogen-bond donors (Lipinski definition) is 4. The van der Waals surface area contributed by atoms with Crippen LogP contribution in [0.1, 0.15) is 107 Å². The lowest BCUT2D eigenvalue weighted by molar-refractivity contribution is -0.194. The minimum absolute atomic E-state index is 0.00786. The van der Waals surface area contributed by atoms with Crippen molar-refractivity contribution in [3.05, 3.63) is 34.9 Å². The minimum Gasteiger partial charge on any atom is -0.460 e. The molecule has 1 fully saturated rings. The van der Waals surface area contributed by atoms with Gasteiger partial charge in [0, 0.05) is 18.8 Å². The zero-order chi connectivity index (χ0) is 33.5. The van der Waals surface area contributed by atoms with Crippen molar-refractivity contribution in [1.29, 1.82) is 0 Å². The highest BCUT2D eigenvalue weighted by molar-refractivity contribution is 5.69. The van der Waals surface area contributed by atoms with Crippen LogP contribution in [0.4, 0.5) is 0 Å². The molecule has 0 bridgehead atoms. The van der Waals surface area contributed by atoms with E-state index in [0.29, 0.717) is 24.7 Å². The van der Waals surface area contributed by atoms with Gasteiger partial charge in [0.05, 0.1) is 12.7 Å². The molecule has 5 unspecified atom stereocenters. The zero-order valence-corrected chi connectivity index (χ0v) is 28.7. The highest BCUT2D eigenvalue weighted by Crippen LogP contribution is 2.67. The molecule has 0 spiro atoms. The van der Waals surface area contributed by atoms with Gasteiger partial charge in [0.15, 0.2) is 0 Å². The molecule has 9 nitrogen and oxygen atoms in total. The summed E-state index contributed by atoms with van der Waals surface area (Å²) in [5.41, 5.74) is 4.28. The van der Waals surface area contributed by atoms with Crippen molar-refractivity contribution in [2.75, 3.05) is 6.61 Å². The summed E-state index contributed by atoms with van der Waals surface area (Å²) in [5, 5.41) is 32.5. The van der Waals surface area contributed by atoms with Gasteiger partial charge in [0.1, 0.15) is 18.3 Å². The first-order valence-corrected chi connectivity index (χ1v) is 16.9. The van der Waals surface area contributed by atoms with E-state index < -0.39 is 52.6 Å². The van der Waals surface area contributed by atoms with Crippen molar-refractivity contribution in [2.24, 2.45) is 39.9 Å². The summed E-state index contributed by atoms with van der Waals surface area (Å²) in [4.78, 5) is 30.2. The van der Waals surface area contributed by atoms with Crippen LogP contribution in [0.2, 0.25) is 0 Å². The lowest BCUT2D eigenvalue weighted by atomic mass is 9.45. The van der Waals surface area contributed by atoms with E-state index in [1.54, 1.807) is 5.64 Å². The van der Waals surface area contributed by atoms with Crippen molar-refractivity contribution in [2.45, 2.75) is 131 Å².